The van der Waals surface area contributed by atoms with E-state index in [1.807, 2.05) is 25.1 Å². The van der Waals surface area contributed by atoms with Gasteiger partial charge in [-0.2, -0.15) is 0 Å². The van der Waals surface area contributed by atoms with Crippen molar-refractivity contribution in [1.29, 1.82) is 0 Å². The summed E-state index contributed by atoms with van der Waals surface area (Å²) < 4.78 is 0. The van der Waals surface area contributed by atoms with Gasteiger partial charge in [0.15, 0.2) is 0 Å². The number of para-hydroxylation sites is 1. The second-order valence-electron chi connectivity index (χ2n) is 6.76. The number of nitrogens with zero attached hydrogens (tertiary/aromatic N) is 1. The zero-order valence-electron chi connectivity index (χ0n) is 14.5. The molecule has 2 N–H and O–H groups in total. The highest BCUT2D eigenvalue weighted by atomic mass is 16.2. The fourth-order valence-electron chi connectivity index (χ4n) is 2.57. The minimum Gasteiger partial charge on any atom is -0.352 e. The number of benzene rings is 1. The first-order valence-electron chi connectivity index (χ1n) is 8.24. The molecule has 1 fully saturated rings. The molecule has 0 atom stereocenters. The number of likely N-dealkylation sites (N-methyl/N-ethyl adjacent to an activating group) is 1. The number of hydrogen-bond acceptors (Lipinski definition) is 3. The van der Waals surface area contributed by atoms with E-state index in [9.17, 15) is 9.59 Å². The summed E-state index contributed by atoms with van der Waals surface area (Å²) in [4.78, 5) is 25.8. The molecule has 0 aromatic heterocycles. The summed E-state index contributed by atoms with van der Waals surface area (Å²) in [5.41, 5.74) is 3.08. The van der Waals surface area contributed by atoms with E-state index in [2.05, 4.69) is 24.5 Å². The first kappa shape index (κ1) is 17.5. The van der Waals surface area contributed by atoms with E-state index >= 15 is 0 Å². The highest BCUT2D eigenvalue weighted by Crippen LogP contribution is 2.27. The van der Waals surface area contributed by atoms with Crippen LogP contribution in [0.25, 0.3) is 0 Å². The van der Waals surface area contributed by atoms with Gasteiger partial charge < -0.3 is 10.6 Å². The van der Waals surface area contributed by atoms with Gasteiger partial charge in [0.2, 0.25) is 11.8 Å². The third-order valence-electron chi connectivity index (χ3n) is 3.96. The molecule has 23 heavy (non-hydrogen) atoms. The van der Waals surface area contributed by atoms with Crippen LogP contribution in [0.3, 0.4) is 0 Å². The molecule has 1 aliphatic rings. The van der Waals surface area contributed by atoms with Crippen LogP contribution in [0.15, 0.2) is 18.2 Å². The molecule has 1 aromatic carbocycles. The van der Waals surface area contributed by atoms with E-state index < -0.39 is 0 Å². The van der Waals surface area contributed by atoms with Gasteiger partial charge in [-0.1, -0.05) is 32.0 Å². The molecule has 2 rings (SSSR count). The number of anilines is 1. The molecule has 1 aromatic rings. The summed E-state index contributed by atoms with van der Waals surface area (Å²) in [7, 11) is 1.78. The van der Waals surface area contributed by atoms with Crippen LogP contribution >= 0.6 is 0 Å². The first-order valence-corrected chi connectivity index (χ1v) is 8.24. The molecule has 1 aliphatic carbocycles. The summed E-state index contributed by atoms with van der Waals surface area (Å²) in [5, 5.41) is 5.93. The van der Waals surface area contributed by atoms with E-state index in [-0.39, 0.29) is 24.9 Å². The van der Waals surface area contributed by atoms with Gasteiger partial charge in [-0.3, -0.25) is 14.5 Å². The number of nitrogens with one attached hydrogen (secondary N) is 2. The van der Waals surface area contributed by atoms with Crippen molar-refractivity contribution in [3.05, 3.63) is 29.3 Å². The third-order valence-corrected chi connectivity index (χ3v) is 3.96. The Hall–Kier alpha value is -1.88. The van der Waals surface area contributed by atoms with E-state index in [4.69, 9.17) is 0 Å². The summed E-state index contributed by atoms with van der Waals surface area (Å²) in [5.74, 6) is 0.233. The Balaban J connectivity index is 1.90. The van der Waals surface area contributed by atoms with Gasteiger partial charge in [0.05, 0.1) is 13.1 Å². The van der Waals surface area contributed by atoms with Crippen molar-refractivity contribution in [3.8, 4) is 0 Å². The van der Waals surface area contributed by atoms with E-state index in [1.54, 1.807) is 11.9 Å². The van der Waals surface area contributed by atoms with Crippen LogP contribution < -0.4 is 10.6 Å². The monoisotopic (exact) mass is 317 g/mol. The van der Waals surface area contributed by atoms with E-state index in [1.165, 1.54) is 0 Å². The van der Waals surface area contributed by atoms with Gasteiger partial charge >= 0.3 is 0 Å². The van der Waals surface area contributed by atoms with Crippen LogP contribution in [-0.4, -0.2) is 42.9 Å². The number of amides is 2. The van der Waals surface area contributed by atoms with Crippen LogP contribution in [0, 0.1) is 6.92 Å². The second-order valence-corrected chi connectivity index (χ2v) is 6.76. The van der Waals surface area contributed by atoms with Crippen LogP contribution in [0.5, 0.6) is 0 Å². The van der Waals surface area contributed by atoms with Crippen molar-refractivity contribution in [3.63, 3.8) is 0 Å². The Morgan fingerprint density at radius 1 is 1.22 bits per heavy atom. The van der Waals surface area contributed by atoms with Gasteiger partial charge in [-0.15, -0.1) is 0 Å². The van der Waals surface area contributed by atoms with Gasteiger partial charge in [-0.25, -0.2) is 0 Å². The van der Waals surface area contributed by atoms with Gasteiger partial charge in [0, 0.05) is 11.7 Å². The minimum atomic E-state index is -0.0945. The predicted molar refractivity (Wildman–Crippen MR) is 92.6 cm³/mol. The molecule has 1 saturated carbocycles. The number of carbonyl (C=O) groups excluding carboxylic acids is 2. The van der Waals surface area contributed by atoms with Crippen molar-refractivity contribution in [2.75, 3.05) is 25.5 Å². The Labute approximate surface area is 138 Å². The Morgan fingerprint density at radius 2 is 1.87 bits per heavy atom. The van der Waals surface area contributed by atoms with E-state index in [0.29, 0.717) is 12.0 Å². The Kier molecular flexibility index (Phi) is 5.77. The summed E-state index contributed by atoms with van der Waals surface area (Å²) in [6.45, 7) is 6.66. The van der Waals surface area contributed by atoms with Crippen molar-refractivity contribution in [2.45, 2.75) is 45.6 Å². The third kappa shape index (κ3) is 5.36. The van der Waals surface area contributed by atoms with Gasteiger partial charge in [0.1, 0.15) is 0 Å². The highest BCUT2D eigenvalue weighted by Gasteiger charge is 2.23. The molecular weight excluding hydrogens is 290 g/mol. The van der Waals surface area contributed by atoms with Crippen molar-refractivity contribution < 1.29 is 9.59 Å². The molecule has 0 unspecified atom stereocenters. The summed E-state index contributed by atoms with van der Waals surface area (Å²) in [6.07, 6.45) is 2.14. The molecule has 2 amide bonds. The maximum atomic E-state index is 12.3. The molecule has 0 bridgehead atoms. The molecule has 0 heterocycles. The zero-order chi connectivity index (χ0) is 17.0. The highest BCUT2D eigenvalue weighted by molar-refractivity contribution is 5.94. The topological polar surface area (TPSA) is 61.4 Å². The normalized spacial score (nSPS) is 14.2. The second kappa shape index (κ2) is 7.59. The Morgan fingerprint density at radius 3 is 2.48 bits per heavy atom. The number of rotatable bonds is 7. The average molecular weight is 317 g/mol. The standard InChI is InChI=1S/C18H27N3O2/c1-12(2)15-7-5-6-13(3)18(15)20-17(23)11-21(4)10-16(22)19-14-8-9-14/h5-7,12,14H,8-11H2,1-4H3,(H,19,22)(H,20,23). The van der Waals surface area contributed by atoms with Crippen LogP contribution in [-0.2, 0) is 9.59 Å². The van der Waals surface area contributed by atoms with Gasteiger partial charge in [0.25, 0.3) is 0 Å². The lowest BCUT2D eigenvalue weighted by atomic mass is 9.98. The lowest BCUT2D eigenvalue weighted by Gasteiger charge is -2.19. The largest absolute Gasteiger partial charge is 0.352 e. The smallest absolute Gasteiger partial charge is 0.238 e. The summed E-state index contributed by atoms with van der Waals surface area (Å²) >= 11 is 0. The zero-order valence-corrected chi connectivity index (χ0v) is 14.5. The quantitative estimate of drug-likeness (QED) is 0.811. The number of carbonyl (C=O) groups is 2. The first-order chi connectivity index (χ1) is 10.9. The lowest BCUT2D eigenvalue weighted by molar-refractivity contribution is -0.123. The van der Waals surface area contributed by atoms with Crippen LogP contribution in [0.4, 0.5) is 5.69 Å². The molecule has 0 aliphatic heterocycles. The van der Waals surface area contributed by atoms with E-state index in [0.717, 1.165) is 29.7 Å². The molecule has 126 valence electrons. The maximum Gasteiger partial charge on any atom is 0.238 e. The fourth-order valence-corrected chi connectivity index (χ4v) is 2.57. The molecule has 5 nitrogen and oxygen atoms in total. The average Bonchev–Trinajstić information content (AvgIpc) is 3.24. The fraction of sp³-hybridized carbons (Fsp3) is 0.556. The van der Waals surface area contributed by atoms with Gasteiger partial charge in [-0.05, 0) is 43.9 Å². The Bertz CT molecular complexity index is 580. The summed E-state index contributed by atoms with van der Waals surface area (Å²) in [6, 6.07) is 6.40. The van der Waals surface area contributed by atoms with Crippen molar-refractivity contribution in [1.82, 2.24) is 10.2 Å². The lowest BCUT2D eigenvalue weighted by Crippen LogP contribution is -2.39. The van der Waals surface area contributed by atoms with Crippen LogP contribution in [0.1, 0.15) is 43.7 Å². The molecule has 0 saturated heterocycles. The molecule has 0 radical (unpaired) electrons. The van der Waals surface area contributed by atoms with Crippen molar-refractivity contribution >= 4 is 17.5 Å². The molecule has 0 spiro atoms. The predicted octanol–water partition coefficient (Wildman–Crippen LogP) is 2.27. The number of aryl methyl sites for hydroxylation is 1. The van der Waals surface area contributed by atoms with Crippen molar-refractivity contribution in [2.24, 2.45) is 0 Å². The molecular formula is C18H27N3O2. The SMILES string of the molecule is Cc1cccc(C(C)C)c1NC(=O)CN(C)CC(=O)NC1CC1. The van der Waals surface area contributed by atoms with Crippen LogP contribution in [0.2, 0.25) is 0 Å². The molecule has 5 heteroatoms. The minimum absolute atomic E-state index is 0.0124. The number of hydrogen-bond donors (Lipinski definition) is 2. The maximum absolute atomic E-state index is 12.3.